The molecule has 0 unspecified atom stereocenters. The van der Waals surface area contributed by atoms with Crippen molar-refractivity contribution in [1.29, 1.82) is 0 Å². The van der Waals surface area contributed by atoms with E-state index in [2.05, 4.69) is 4.72 Å². The fraction of sp³-hybridized carbons (Fsp3) is 0.188. The van der Waals surface area contributed by atoms with Gasteiger partial charge >= 0.3 is 5.97 Å². The Balaban J connectivity index is 2.20. The number of carbonyl (C=O) groups excluding carboxylic acids is 1. The van der Waals surface area contributed by atoms with Crippen LogP contribution in [0.1, 0.15) is 15.9 Å². The number of benzene rings is 2. The molecular weight excluding hydrogens is 354 g/mol. The highest BCUT2D eigenvalue weighted by atomic mass is 35.5. The third-order valence-electron chi connectivity index (χ3n) is 3.24. The molecular formula is C16H16ClNO5S. The molecule has 1 N–H and O–H groups in total. The molecule has 0 heterocycles. The van der Waals surface area contributed by atoms with Gasteiger partial charge in [-0.1, -0.05) is 23.7 Å². The molecule has 0 saturated carbocycles. The molecule has 0 aliphatic heterocycles. The van der Waals surface area contributed by atoms with Crippen LogP contribution >= 0.6 is 11.6 Å². The minimum atomic E-state index is -3.77. The maximum atomic E-state index is 12.1. The minimum Gasteiger partial charge on any atom is -0.495 e. The molecule has 0 saturated heterocycles. The zero-order valence-corrected chi connectivity index (χ0v) is 14.6. The molecule has 2 rings (SSSR count). The number of rotatable bonds is 6. The second-order valence-corrected chi connectivity index (χ2v) is 7.07. The maximum absolute atomic E-state index is 12.1. The molecule has 0 aliphatic rings. The zero-order chi connectivity index (χ0) is 17.7. The lowest BCUT2D eigenvalue weighted by atomic mass is 10.2. The first kappa shape index (κ1) is 18.3. The van der Waals surface area contributed by atoms with E-state index in [-0.39, 0.29) is 22.8 Å². The number of esters is 1. The predicted octanol–water partition coefficient (Wildman–Crippen LogP) is 2.61. The van der Waals surface area contributed by atoms with Crippen LogP contribution in [0.15, 0.2) is 47.4 Å². The molecule has 6 nitrogen and oxygen atoms in total. The summed E-state index contributed by atoms with van der Waals surface area (Å²) in [7, 11) is -1.14. The molecule has 2 aromatic carbocycles. The van der Waals surface area contributed by atoms with Crippen LogP contribution in [0, 0.1) is 0 Å². The highest BCUT2D eigenvalue weighted by Crippen LogP contribution is 2.25. The number of nitrogens with one attached hydrogen (secondary N) is 1. The molecule has 0 bridgehead atoms. The van der Waals surface area contributed by atoms with E-state index in [1.54, 1.807) is 24.3 Å². The van der Waals surface area contributed by atoms with E-state index < -0.39 is 16.0 Å². The summed E-state index contributed by atoms with van der Waals surface area (Å²) in [6.45, 7) is 0.0517. The maximum Gasteiger partial charge on any atom is 0.338 e. The number of sulfonamides is 1. The summed E-state index contributed by atoms with van der Waals surface area (Å²) < 4.78 is 36.4. The summed E-state index contributed by atoms with van der Waals surface area (Å²) in [6.07, 6.45) is 0. The van der Waals surface area contributed by atoms with Gasteiger partial charge in [0.15, 0.2) is 0 Å². The number of hydrogen-bond donors (Lipinski definition) is 1. The highest BCUT2D eigenvalue weighted by molar-refractivity contribution is 7.89. The number of halogens is 1. The third kappa shape index (κ3) is 4.25. The van der Waals surface area contributed by atoms with Crippen LogP contribution < -0.4 is 9.46 Å². The molecule has 24 heavy (non-hydrogen) atoms. The topological polar surface area (TPSA) is 81.7 Å². The van der Waals surface area contributed by atoms with Gasteiger partial charge in [0.1, 0.15) is 17.3 Å². The average Bonchev–Trinajstić information content (AvgIpc) is 2.60. The van der Waals surface area contributed by atoms with E-state index >= 15 is 0 Å². The van der Waals surface area contributed by atoms with Gasteiger partial charge in [0.05, 0.1) is 12.7 Å². The quantitative estimate of drug-likeness (QED) is 0.791. The largest absolute Gasteiger partial charge is 0.495 e. The smallest absolute Gasteiger partial charge is 0.338 e. The number of methoxy groups -OCH3 is 1. The van der Waals surface area contributed by atoms with Crippen molar-refractivity contribution in [2.75, 3.05) is 14.2 Å². The van der Waals surface area contributed by atoms with Gasteiger partial charge in [0.25, 0.3) is 0 Å². The summed E-state index contributed by atoms with van der Waals surface area (Å²) in [5.74, 6) is -0.501. The summed E-state index contributed by atoms with van der Waals surface area (Å²) >= 11 is 5.79. The molecule has 0 atom stereocenters. The SMILES string of the molecule is CNS(=O)(=O)c1cc(C(=O)OCc2ccc(Cl)cc2)ccc1OC. The fourth-order valence-corrected chi connectivity index (χ4v) is 2.98. The fourth-order valence-electron chi connectivity index (χ4n) is 1.94. The normalized spacial score (nSPS) is 11.1. The first-order valence-electron chi connectivity index (χ1n) is 6.90. The highest BCUT2D eigenvalue weighted by Gasteiger charge is 2.20. The molecule has 0 spiro atoms. The van der Waals surface area contributed by atoms with E-state index in [1.165, 1.54) is 32.4 Å². The van der Waals surface area contributed by atoms with Gasteiger partial charge in [-0.2, -0.15) is 0 Å². The number of ether oxygens (including phenoxy) is 2. The summed E-state index contributed by atoms with van der Waals surface area (Å²) in [5, 5.41) is 0.585. The molecule has 0 aliphatic carbocycles. The lowest BCUT2D eigenvalue weighted by Crippen LogP contribution is -2.20. The van der Waals surface area contributed by atoms with Crippen LogP contribution in [0.5, 0.6) is 5.75 Å². The van der Waals surface area contributed by atoms with Crippen molar-refractivity contribution in [3.05, 3.63) is 58.6 Å². The van der Waals surface area contributed by atoms with E-state index in [0.29, 0.717) is 5.02 Å². The van der Waals surface area contributed by atoms with E-state index in [4.69, 9.17) is 21.1 Å². The van der Waals surface area contributed by atoms with Crippen molar-refractivity contribution in [3.63, 3.8) is 0 Å². The van der Waals surface area contributed by atoms with Crippen molar-refractivity contribution in [2.24, 2.45) is 0 Å². The molecule has 0 aromatic heterocycles. The van der Waals surface area contributed by atoms with Gasteiger partial charge in [-0.05, 0) is 42.9 Å². The molecule has 128 valence electrons. The van der Waals surface area contributed by atoms with Crippen molar-refractivity contribution >= 4 is 27.6 Å². The van der Waals surface area contributed by atoms with Crippen molar-refractivity contribution in [2.45, 2.75) is 11.5 Å². The second-order valence-electron chi connectivity index (χ2n) is 4.78. The Bertz CT molecular complexity index is 834. The molecule has 2 aromatic rings. The van der Waals surface area contributed by atoms with Crippen LogP contribution in [0.4, 0.5) is 0 Å². The Labute approximate surface area is 145 Å². The predicted molar refractivity (Wildman–Crippen MR) is 89.8 cm³/mol. The number of carbonyl (C=O) groups is 1. The van der Waals surface area contributed by atoms with Crippen molar-refractivity contribution in [3.8, 4) is 5.75 Å². The number of hydrogen-bond acceptors (Lipinski definition) is 5. The van der Waals surface area contributed by atoms with Gasteiger partial charge in [-0.3, -0.25) is 0 Å². The monoisotopic (exact) mass is 369 g/mol. The summed E-state index contributed by atoms with van der Waals surface area (Å²) in [6, 6.07) is 10.9. The van der Waals surface area contributed by atoms with E-state index in [1.807, 2.05) is 0 Å². The van der Waals surface area contributed by atoms with Gasteiger partial charge in [-0.15, -0.1) is 0 Å². The standard InChI is InChI=1S/C16H16ClNO5S/c1-18-24(20,21)15-9-12(5-8-14(15)22-2)16(19)23-10-11-3-6-13(17)7-4-11/h3-9,18H,10H2,1-2H3. The Morgan fingerprint density at radius 1 is 1.17 bits per heavy atom. The van der Waals surface area contributed by atoms with Crippen LogP contribution in [-0.4, -0.2) is 28.5 Å². The Kier molecular flexibility index (Phi) is 5.82. The second kappa shape index (κ2) is 7.65. The van der Waals surface area contributed by atoms with E-state index in [9.17, 15) is 13.2 Å². The Hall–Kier alpha value is -2.09. The van der Waals surface area contributed by atoms with Crippen LogP contribution in [0.3, 0.4) is 0 Å². The molecule has 8 heteroatoms. The van der Waals surface area contributed by atoms with Crippen LogP contribution in [-0.2, 0) is 21.4 Å². The molecule has 0 amide bonds. The summed E-state index contributed by atoms with van der Waals surface area (Å²) in [5.41, 5.74) is 0.878. The van der Waals surface area contributed by atoms with E-state index in [0.717, 1.165) is 5.56 Å². The van der Waals surface area contributed by atoms with Crippen LogP contribution in [0.25, 0.3) is 0 Å². The van der Waals surface area contributed by atoms with Crippen molar-refractivity contribution in [1.82, 2.24) is 4.72 Å². The average molecular weight is 370 g/mol. The Morgan fingerprint density at radius 2 is 1.83 bits per heavy atom. The molecule has 0 radical (unpaired) electrons. The van der Waals surface area contributed by atoms with Crippen molar-refractivity contribution < 1.29 is 22.7 Å². The van der Waals surface area contributed by atoms with Gasteiger partial charge < -0.3 is 9.47 Å². The Morgan fingerprint density at radius 3 is 2.42 bits per heavy atom. The van der Waals surface area contributed by atoms with Gasteiger partial charge in [-0.25, -0.2) is 17.9 Å². The molecule has 0 fully saturated rings. The zero-order valence-electron chi connectivity index (χ0n) is 13.1. The van der Waals surface area contributed by atoms with Crippen LogP contribution in [0.2, 0.25) is 5.02 Å². The van der Waals surface area contributed by atoms with Gasteiger partial charge in [0, 0.05) is 5.02 Å². The third-order valence-corrected chi connectivity index (χ3v) is 4.93. The lowest BCUT2D eigenvalue weighted by Gasteiger charge is -2.11. The lowest BCUT2D eigenvalue weighted by molar-refractivity contribution is 0.0472. The summed E-state index contributed by atoms with van der Waals surface area (Å²) in [4.78, 5) is 12.0. The first-order valence-corrected chi connectivity index (χ1v) is 8.76. The first-order chi connectivity index (χ1) is 11.4. The minimum absolute atomic E-state index is 0.0517. The van der Waals surface area contributed by atoms with Gasteiger partial charge in [0.2, 0.25) is 10.0 Å².